The van der Waals surface area contributed by atoms with Crippen molar-refractivity contribution in [1.29, 1.82) is 0 Å². The van der Waals surface area contributed by atoms with Crippen LogP contribution < -0.4 is 4.74 Å². The third-order valence-corrected chi connectivity index (χ3v) is 4.40. The zero-order valence-electron chi connectivity index (χ0n) is 16.0. The van der Waals surface area contributed by atoms with Crippen molar-refractivity contribution in [3.63, 3.8) is 0 Å². The summed E-state index contributed by atoms with van der Waals surface area (Å²) in [6, 6.07) is 17.3. The van der Waals surface area contributed by atoms with Crippen molar-refractivity contribution >= 4 is 0 Å². The zero-order valence-corrected chi connectivity index (χ0v) is 16.0. The van der Waals surface area contributed by atoms with E-state index in [1.54, 1.807) is 0 Å². The Hall–Kier alpha value is -1.80. The van der Waals surface area contributed by atoms with E-state index in [-0.39, 0.29) is 6.10 Å². The summed E-state index contributed by atoms with van der Waals surface area (Å²) in [6.45, 7) is 7.59. The summed E-state index contributed by atoms with van der Waals surface area (Å²) in [5.74, 6) is 0.892. The molecule has 0 radical (unpaired) electrons. The minimum Gasteiger partial charge on any atom is -0.491 e. The molecular weight excluding hydrogens is 308 g/mol. The van der Waals surface area contributed by atoms with Crippen molar-refractivity contribution in [1.82, 2.24) is 0 Å². The summed E-state index contributed by atoms with van der Waals surface area (Å²) in [5, 5.41) is 0. The van der Waals surface area contributed by atoms with Crippen molar-refractivity contribution in [2.24, 2.45) is 0 Å². The summed E-state index contributed by atoms with van der Waals surface area (Å²) in [5.41, 5.74) is 3.92. The van der Waals surface area contributed by atoms with Gasteiger partial charge in [-0.3, -0.25) is 0 Å². The Morgan fingerprint density at radius 2 is 1.44 bits per heavy atom. The van der Waals surface area contributed by atoms with Gasteiger partial charge in [-0.1, -0.05) is 62.6 Å². The van der Waals surface area contributed by atoms with Gasteiger partial charge in [0.2, 0.25) is 0 Å². The first-order valence-corrected chi connectivity index (χ1v) is 9.66. The van der Waals surface area contributed by atoms with Crippen LogP contribution in [0.2, 0.25) is 0 Å². The van der Waals surface area contributed by atoms with Crippen molar-refractivity contribution in [3.8, 4) is 16.9 Å². The molecule has 0 aliphatic carbocycles. The second kappa shape index (κ2) is 10.9. The van der Waals surface area contributed by atoms with Gasteiger partial charge in [-0.05, 0) is 55.5 Å². The third-order valence-electron chi connectivity index (χ3n) is 4.40. The summed E-state index contributed by atoms with van der Waals surface area (Å²) in [6.07, 6.45) is 6.57. The van der Waals surface area contributed by atoms with Crippen molar-refractivity contribution in [2.75, 3.05) is 13.2 Å². The van der Waals surface area contributed by atoms with Crippen LogP contribution in [0.4, 0.5) is 0 Å². The molecular formula is C23H32O2. The zero-order chi connectivity index (χ0) is 17.9. The fraction of sp³-hybridized carbons (Fsp3) is 0.478. The normalized spacial score (nSPS) is 12.1. The fourth-order valence-corrected chi connectivity index (χ4v) is 2.91. The highest BCUT2D eigenvalue weighted by Gasteiger charge is 2.03. The van der Waals surface area contributed by atoms with Crippen LogP contribution in [0.1, 0.15) is 52.0 Å². The Morgan fingerprint density at radius 1 is 0.800 bits per heavy atom. The Morgan fingerprint density at radius 3 is 2.04 bits per heavy atom. The smallest absolute Gasteiger partial charge is 0.119 e. The van der Waals surface area contributed by atoms with E-state index >= 15 is 0 Å². The third kappa shape index (κ3) is 6.91. The van der Waals surface area contributed by atoms with Gasteiger partial charge in [0.15, 0.2) is 0 Å². The van der Waals surface area contributed by atoms with E-state index in [1.165, 1.54) is 48.8 Å². The molecule has 0 bridgehead atoms. The Balaban J connectivity index is 1.86. The molecule has 0 fully saturated rings. The van der Waals surface area contributed by atoms with Crippen LogP contribution in [0.3, 0.4) is 0 Å². The molecule has 1 unspecified atom stereocenters. The van der Waals surface area contributed by atoms with Crippen molar-refractivity contribution < 1.29 is 9.47 Å². The molecule has 2 nitrogen and oxygen atoms in total. The molecule has 25 heavy (non-hydrogen) atoms. The predicted octanol–water partition coefficient (Wildman–Crippen LogP) is 6.28. The maximum atomic E-state index is 5.77. The molecule has 1 atom stereocenters. The minimum atomic E-state index is 0.120. The van der Waals surface area contributed by atoms with Gasteiger partial charge in [-0.2, -0.15) is 0 Å². The summed E-state index contributed by atoms with van der Waals surface area (Å²) >= 11 is 0. The lowest BCUT2D eigenvalue weighted by molar-refractivity contribution is 0.0402. The Bertz CT molecular complexity index is 586. The lowest BCUT2D eigenvalue weighted by Gasteiger charge is -2.13. The molecule has 0 saturated heterocycles. The fourth-order valence-electron chi connectivity index (χ4n) is 2.91. The van der Waals surface area contributed by atoms with Gasteiger partial charge >= 0.3 is 0 Å². The number of benzene rings is 2. The van der Waals surface area contributed by atoms with Gasteiger partial charge < -0.3 is 9.47 Å². The molecule has 0 heterocycles. The van der Waals surface area contributed by atoms with Crippen molar-refractivity contribution in [2.45, 2.75) is 59.0 Å². The second-order valence-corrected chi connectivity index (χ2v) is 6.61. The first-order chi connectivity index (χ1) is 12.2. The monoisotopic (exact) mass is 340 g/mol. The predicted molar refractivity (Wildman–Crippen MR) is 106 cm³/mol. The number of hydrogen-bond donors (Lipinski definition) is 0. The molecule has 0 amide bonds. The first kappa shape index (κ1) is 19.5. The van der Waals surface area contributed by atoms with Crippen LogP contribution in [-0.4, -0.2) is 19.3 Å². The largest absolute Gasteiger partial charge is 0.491 e. The highest BCUT2D eigenvalue weighted by molar-refractivity contribution is 5.64. The SMILES string of the molecule is CCCCCCc1ccc(-c2ccc(OCC(C)OCC)cc2)cc1. The molecule has 2 aromatic carbocycles. The van der Waals surface area contributed by atoms with Crippen LogP contribution in [0.25, 0.3) is 11.1 Å². The van der Waals surface area contributed by atoms with E-state index in [1.807, 2.05) is 26.0 Å². The topological polar surface area (TPSA) is 18.5 Å². The van der Waals surface area contributed by atoms with Crippen LogP contribution in [0.15, 0.2) is 48.5 Å². The first-order valence-electron chi connectivity index (χ1n) is 9.66. The van der Waals surface area contributed by atoms with Gasteiger partial charge in [0.05, 0.1) is 6.10 Å². The van der Waals surface area contributed by atoms with E-state index < -0.39 is 0 Å². The van der Waals surface area contributed by atoms with E-state index in [9.17, 15) is 0 Å². The van der Waals surface area contributed by atoms with Crippen LogP contribution >= 0.6 is 0 Å². The lowest BCUT2D eigenvalue weighted by Crippen LogP contribution is -2.17. The highest BCUT2D eigenvalue weighted by atomic mass is 16.5. The van der Waals surface area contributed by atoms with Crippen LogP contribution in [0.5, 0.6) is 5.75 Å². The molecule has 136 valence electrons. The molecule has 0 spiro atoms. The number of rotatable bonds is 11. The van der Waals surface area contributed by atoms with Gasteiger partial charge in [-0.25, -0.2) is 0 Å². The maximum absolute atomic E-state index is 5.77. The molecule has 0 aromatic heterocycles. The van der Waals surface area contributed by atoms with Gasteiger partial charge in [-0.15, -0.1) is 0 Å². The Labute approximate surface area is 153 Å². The highest BCUT2D eigenvalue weighted by Crippen LogP contribution is 2.23. The van der Waals surface area contributed by atoms with E-state index in [0.29, 0.717) is 6.61 Å². The molecule has 2 aromatic rings. The number of ether oxygens (including phenoxy) is 2. The molecule has 0 saturated carbocycles. The summed E-state index contributed by atoms with van der Waals surface area (Å²) in [7, 11) is 0. The standard InChI is InChI=1S/C23H32O2/c1-4-6-7-8-9-20-10-12-21(13-11-20)22-14-16-23(17-15-22)25-18-19(3)24-5-2/h10-17,19H,4-9,18H2,1-3H3. The average Bonchev–Trinajstić information content (AvgIpc) is 2.65. The van der Waals surface area contributed by atoms with Crippen molar-refractivity contribution in [3.05, 3.63) is 54.1 Å². The van der Waals surface area contributed by atoms with Gasteiger partial charge in [0.25, 0.3) is 0 Å². The maximum Gasteiger partial charge on any atom is 0.119 e. The summed E-state index contributed by atoms with van der Waals surface area (Å²) < 4.78 is 11.3. The lowest BCUT2D eigenvalue weighted by atomic mass is 10.0. The van der Waals surface area contributed by atoms with Gasteiger partial charge in [0, 0.05) is 6.61 Å². The molecule has 2 heteroatoms. The van der Waals surface area contributed by atoms with Gasteiger partial charge in [0.1, 0.15) is 12.4 Å². The van der Waals surface area contributed by atoms with E-state index in [0.717, 1.165) is 12.4 Å². The molecule has 0 aliphatic rings. The molecule has 2 rings (SSSR count). The average molecular weight is 341 g/mol. The minimum absolute atomic E-state index is 0.120. The van der Waals surface area contributed by atoms with E-state index in [2.05, 4.69) is 43.3 Å². The summed E-state index contributed by atoms with van der Waals surface area (Å²) in [4.78, 5) is 0. The Kier molecular flexibility index (Phi) is 8.54. The van der Waals surface area contributed by atoms with Crippen LogP contribution in [-0.2, 0) is 11.2 Å². The number of hydrogen-bond acceptors (Lipinski definition) is 2. The number of aryl methyl sites for hydroxylation is 1. The second-order valence-electron chi connectivity index (χ2n) is 6.61. The quantitative estimate of drug-likeness (QED) is 0.448. The molecule has 0 N–H and O–H groups in total. The van der Waals surface area contributed by atoms with E-state index in [4.69, 9.17) is 9.47 Å². The molecule has 0 aliphatic heterocycles. The number of unbranched alkanes of at least 4 members (excludes halogenated alkanes) is 3. The van der Waals surface area contributed by atoms with Crippen LogP contribution in [0, 0.1) is 0 Å².